The molecular weight excluding hydrogens is 270 g/mol. The summed E-state index contributed by atoms with van der Waals surface area (Å²) in [6.07, 6.45) is 8.79. The summed E-state index contributed by atoms with van der Waals surface area (Å²) in [5.41, 5.74) is 3.04. The average molecular weight is 283 g/mol. The average Bonchev–Trinajstić information content (AvgIpc) is 2.97. The molecule has 3 rings (SSSR count). The van der Waals surface area contributed by atoms with Crippen molar-refractivity contribution in [1.29, 1.82) is 0 Å². The Kier molecular flexibility index (Phi) is 3.43. The van der Waals surface area contributed by atoms with Crippen molar-refractivity contribution < 1.29 is 4.21 Å². The van der Waals surface area contributed by atoms with Crippen LogP contribution in [0.15, 0.2) is 66.2 Å². The van der Waals surface area contributed by atoms with Gasteiger partial charge in [-0.05, 0) is 36.4 Å². The van der Waals surface area contributed by atoms with Crippen LogP contribution in [0.4, 0.5) is 0 Å². The predicted molar refractivity (Wildman–Crippen MR) is 79.1 cm³/mol. The van der Waals surface area contributed by atoms with Crippen molar-refractivity contribution in [3.63, 3.8) is 0 Å². The molecule has 0 aliphatic rings. The maximum absolute atomic E-state index is 11.4. The highest BCUT2D eigenvalue weighted by Crippen LogP contribution is 2.22. The Morgan fingerprint density at radius 2 is 1.70 bits per heavy atom. The second-order valence-electron chi connectivity index (χ2n) is 4.33. The Labute approximate surface area is 119 Å². The van der Waals surface area contributed by atoms with Crippen molar-refractivity contribution in [2.24, 2.45) is 0 Å². The highest BCUT2D eigenvalue weighted by atomic mass is 32.2. The monoisotopic (exact) mass is 283 g/mol. The number of nitrogens with zero attached hydrogens (tertiary/aromatic N) is 3. The summed E-state index contributed by atoms with van der Waals surface area (Å²) >= 11 is 0. The van der Waals surface area contributed by atoms with E-state index < -0.39 is 10.8 Å². The van der Waals surface area contributed by atoms with Crippen molar-refractivity contribution in [1.82, 2.24) is 14.5 Å². The van der Waals surface area contributed by atoms with Crippen LogP contribution in [0.2, 0.25) is 0 Å². The number of imidazole rings is 1. The van der Waals surface area contributed by atoms with Gasteiger partial charge >= 0.3 is 0 Å². The summed E-state index contributed by atoms with van der Waals surface area (Å²) in [5.74, 6) is 0. The molecule has 3 aromatic rings. The van der Waals surface area contributed by atoms with Crippen molar-refractivity contribution in [3.8, 4) is 16.9 Å². The first-order valence-corrected chi connectivity index (χ1v) is 7.68. The van der Waals surface area contributed by atoms with E-state index in [2.05, 4.69) is 9.97 Å². The van der Waals surface area contributed by atoms with Gasteiger partial charge in [0.1, 0.15) is 0 Å². The molecule has 1 atom stereocenters. The van der Waals surface area contributed by atoms with Crippen LogP contribution in [-0.4, -0.2) is 25.0 Å². The van der Waals surface area contributed by atoms with Crippen molar-refractivity contribution in [3.05, 3.63) is 61.3 Å². The van der Waals surface area contributed by atoms with Gasteiger partial charge in [0.2, 0.25) is 0 Å². The maximum Gasteiger partial charge on any atom is 0.0997 e. The predicted octanol–water partition coefficient (Wildman–Crippen LogP) is 2.67. The minimum absolute atomic E-state index is 0.819. The number of hydrogen-bond acceptors (Lipinski definition) is 3. The van der Waals surface area contributed by atoms with Gasteiger partial charge in [0.25, 0.3) is 0 Å². The summed E-state index contributed by atoms with van der Waals surface area (Å²) in [6.45, 7) is 0. The third-order valence-corrected chi connectivity index (χ3v) is 4.00. The van der Waals surface area contributed by atoms with Gasteiger partial charge in [-0.15, -0.1) is 0 Å². The standard InChI is InChI=1S/C15H13N3OS/c1-20(19)14-4-2-13(3-5-14)18-11-17-10-15(18)12-6-8-16-9-7-12/h2-11H,1H3. The number of rotatable bonds is 3. The molecule has 100 valence electrons. The second-order valence-corrected chi connectivity index (χ2v) is 5.71. The van der Waals surface area contributed by atoms with Crippen LogP contribution in [0, 0.1) is 0 Å². The number of pyridine rings is 1. The highest BCUT2D eigenvalue weighted by molar-refractivity contribution is 7.84. The molecule has 0 fully saturated rings. The normalized spacial score (nSPS) is 12.2. The minimum atomic E-state index is -0.958. The zero-order valence-electron chi connectivity index (χ0n) is 10.9. The third-order valence-electron chi connectivity index (χ3n) is 3.06. The summed E-state index contributed by atoms with van der Waals surface area (Å²) in [4.78, 5) is 9.06. The molecule has 0 N–H and O–H groups in total. The second kappa shape index (κ2) is 5.38. The van der Waals surface area contributed by atoms with Gasteiger partial charge in [-0.25, -0.2) is 4.98 Å². The van der Waals surface area contributed by atoms with E-state index in [1.54, 1.807) is 25.0 Å². The number of hydrogen-bond donors (Lipinski definition) is 0. The molecule has 20 heavy (non-hydrogen) atoms. The van der Waals surface area contributed by atoms with Crippen LogP contribution in [0.1, 0.15) is 0 Å². The fourth-order valence-corrected chi connectivity index (χ4v) is 2.55. The molecule has 0 saturated heterocycles. The molecular formula is C15H13N3OS. The van der Waals surface area contributed by atoms with Gasteiger partial charge in [0.15, 0.2) is 0 Å². The Balaban J connectivity index is 2.04. The first-order chi connectivity index (χ1) is 9.75. The summed E-state index contributed by atoms with van der Waals surface area (Å²) in [5, 5.41) is 0. The van der Waals surface area contributed by atoms with Crippen LogP contribution >= 0.6 is 0 Å². The highest BCUT2D eigenvalue weighted by Gasteiger charge is 2.07. The Morgan fingerprint density at radius 3 is 2.35 bits per heavy atom. The van der Waals surface area contributed by atoms with Crippen LogP contribution in [-0.2, 0) is 10.8 Å². The van der Waals surface area contributed by atoms with Gasteiger partial charge in [0.05, 0.1) is 18.2 Å². The Bertz CT molecular complexity index is 735. The smallest absolute Gasteiger partial charge is 0.0997 e. The lowest BCUT2D eigenvalue weighted by atomic mass is 10.2. The summed E-state index contributed by atoms with van der Waals surface area (Å²) in [6, 6.07) is 11.5. The zero-order chi connectivity index (χ0) is 13.9. The lowest BCUT2D eigenvalue weighted by Crippen LogP contribution is -1.96. The van der Waals surface area contributed by atoms with E-state index in [0.717, 1.165) is 21.8 Å². The van der Waals surface area contributed by atoms with E-state index in [1.165, 1.54) is 0 Å². The minimum Gasteiger partial charge on any atom is -0.299 e. The molecule has 1 unspecified atom stereocenters. The Morgan fingerprint density at radius 1 is 1.00 bits per heavy atom. The molecule has 0 saturated carbocycles. The van der Waals surface area contributed by atoms with Crippen molar-refractivity contribution in [2.45, 2.75) is 4.90 Å². The van der Waals surface area contributed by atoms with Gasteiger partial charge in [-0.1, -0.05) is 0 Å². The molecule has 1 aromatic carbocycles. The van der Waals surface area contributed by atoms with Gasteiger partial charge in [-0.2, -0.15) is 0 Å². The van der Waals surface area contributed by atoms with E-state index in [4.69, 9.17) is 0 Å². The van der Waals surface area contributed by atoms with E-state index in [0.29, 0.717) is 0 Å². The Hall–Kier alpha value is -2.27. The van der Waals surface area contributed by atoms with Gasteiger partial charge < -0.3 is 0 Å². The van der Waals surface area contributed by atoms with E-state index >= 15 is 0 Å². The third kappa shape index (κ3) is 2.40. The fraction of sp³-hybridized carbons (Fsp3) is 0.0667. The molecule has 0 amide bonds. The van der Waals surface area contributed by atoms with Crippen LogP contribution < -0.4 is 0 Å². The van der Waals surface area contributed by atoms with Crippen LogP contribution in [0.5, 0.6) is 0 Å². The molecule has 0 spiro atoms. The van der Waals surface area contributed by atoms with Gasteiger partial charge in [-0.3, -0.25) is 13.8 Å². The first-order valence-electron chi connectivity index (χ1n) is 6.12. The number of aromatic nitrogens is 3. The molecule has 0 aliphatic heterocycles. The molecule has 2 aromatic heterocycles. The SMILES string of the molecule is CS(=O)c1ccc(-n2cncc2-c2ccncc2)cc1. The van der Waals surface area contributed by atoms with Crippen LogP contribution in [0.3, 0.4) is 0 Å². The lowest BCUT2D eigenvalue weighted by Gasteiger charge is -2.08. The quantitative estimate of drug-likeness (QED) is 0.742. The lowest BCUT2D eigenvalue weighted by molar-refractivity contribution is 0.687. The molecule has 2 heterocycles. The molecule has 5 heteroatoms. The van der Waals surface area contributed by atoms with E-state index in [9.17, 15) is 4.21 Å². The van der Waals surface area contributed by atoms with Crippen molar-refractivity contribution in [2.75, 3.05) is 6.26 Å². The largest absolute Gasteiger partial charge is 0.299 e. The van der Waals surface area contributed by atoms with Crippen molar-refractivity contribution >= 4 is 10.8 Å². The summed E-state index contributed by atoms with van der Waals surface area (Å²) in [7, 11) is -0.958. The number of benzene rings is 1. The summed E-state index contributed by atoms with van der Waals surface area (Å²) < 4.78 is 13.4. The van der Waals surface area contributed by atoms with Gasteiger partial charge in [0, 0.05) is 45.6 Å². The zero-order valence-corrected chi connectivity index (χ0v) is 11.7. The molecule has 4 nitrogen and oxygen atoms in total. The fourth-order valence-electron chi connectivity index (χ4n) is 2.04. The molecule has 0 bridgehead atoms. The molecule has 0 aliphatic carbocycles. The maximum atomic E-state index is 11.4. The first kappa shape index (κ1) is 12.7. The van der Waals surface area contributed by atoms with Crippen LogP contribution in [0.25, 0.3) is 16.9 Å². The topological polar surface area (TPSA) is 47.8 Å². The van der Waals surface area contributed by atoms with E-state index in [1.807, 2.05) is 47.2 Å². The molecule has 0 radical (unpaired) electrons. The van der Waals surface area contributed by atoms with E-state index in [-0.39, 0.29) is 0 Å².